The fourth-order valence-electron chi connectivity index (χ4n) is 1.89. The molecule has 0 atom stereocenters. The van der Waals surface area contributed by atoms with Gasteiger partial charge in [-0.25, -0.2) is 0 Å². The van der Waals surface area contributed by atoms with E-state index >= 15 is 0 Å². The maximum Gasteiger partial charge on any atom is 0.198 e. The second-order valence-electron chi connectivity index (χ2n) is 4.34. The molecule has 0 aliphatic carbocycles. The number of hydrogen-bond acceptors (Lipinski definition) is 3. The minimum absolute atomic E-state index is 0.151. The molecule has 0 radical (unpaired) electrons. The van der Waals surface area contributed by atoms with Crippen molar-refractivity contribution in [2.24, 2.45) is 7.05 Å². The molecule has 1 aromatic rings. The van der Waals surface area contributed by atoms with Gasteiger partial charge in [-0.1, -0.05) is 12.2 Å². The predicted octanol–water partition coefficient (Wildman–Crippen LogP) is 2.11. The fourth-order valence-corrected chi connectivity index (χ4v) is 2.04. The molecule has 90 valence electrons. The average Bonchev–Trinajstić information content (AvgIpc) is 2.63. The highest BCUT2D eigenvalue weighted by atomic mass is 32.1. The molecule has 4 heteroatoms. The van der Waals surface area contributed by atoms with Gasteiger partial charge in [-0.15, -0.1) is 0 Å². The summed E-state index contributed by atoms with van der Waals surface area (Å²) in [6, 6.07) is 3.85. The molecule has 0 spiro atoms. The van der Waals surface area contributed by atoms with E-state index in [0.29, 0.717) is 6.54 Å². The largest absolute Gasteiger partial charge is 0.369 e. The molecule has 2 rings (SSSR count). The van der Waals surface area contributed by atoms with Crippen molar-refractivity contribution in [3.8, 4) is 0 Å². The number of aryl methyl sites for hydroxylation is 1. The number of carbonyl (C=O) groups excluding carboxylic acids is 1. The Bertz CT molecular complexity index is 488. The van der Waals surface area contributed by atoms with Gasteiger partial charge < -0.3 is 9.47 Å². The van der Waals surface area contributed by atoms with Crippen LogP contribution in [0.5, 0.6) is 0 Å². The highest BCUT2D eigenvalue weighted by Crippen LogP contribution is 2.10. The van der Waals surface area contributed by atoms with Crippen molar-refractivity contribution in [1.82, 2.24) is 9.47 Å². The van der Waals surface area contributed by atoms with E-state index < -0.39 is 0 Å². The summed E-state index contributed by atoms with van der Waals surface area (Å²) in [5.41, 5.74) is 1.87. The van der Waals surface area contributed by atoms with Crippen LogP contribution < -0.4 is 0 Å². The Balaban J connectivity index is 2.05. The maximum atomic E-state index is 12.1. The molecule has 0 bridgehead atoms. The van der Waals surface area contributed by atoms with E-state index in [2.05, 4.69) is 0 Å². The zero-order valence-electron chi connectivity index (χ0n) is 10.1. The van der Waals surface area contributed by atoms with Crippen LogP contribution in [0.4, 0.5) is 0 Å². The Labute approximate surface area is 107 Å². The normalized spacial score (nSPS) is 15.4. The maximum absolute atomic E-state index is 12.1. The molecule has 2 heterocycles. The van der Waals surface area contributed by atoms with E-state index in [9.17, 15) is 4.79 Å². The zero-order valence-corrected chi connectivity index (χ0v) is 11.0. The average molecular weight is 248 g/mol. The Kier molecular flexibility index (Phi) is 3.43. The molecular formula is C13H16N2OS. The molecule has 1 aliphatic heterocycles. The van der Waals surface area contributed by atoms with Crippen molar-refractivity contribution in [3.63, 3.8) is 0 Å². The molecule has 0 amide bonds. The van der Waals surface area contributed by atoms with Gasteiger partial charge in [0.1, 0.15) is 0 Å². The first-order valence-corrected chi connectivity index (χ1v) is 6.09. The standard InChI is InChI=1S/C13H16N2OS/c1-10-3-4-12(14(10)2)13(16)9-15-7-5-11(17)6-8-15/h3-5,7H,6,8-9H2,1-2H3. The SMILES string of the molecule is Cc1ccc(C(=O)CN2C=CC(=S)CC2)n1C. The van der Waals surface area contributed by atoms with Crippen LogP contribution in [0.2, 0.25) is 0 Å². The summed E-state index contributed by atoms with van der Waals surface area (Å²) in [5.74, 6) is 0.151. The lowest BCUT2D eigenvalue weighted by Gasteiger charge is -2.22. The Morgan fingerprint density at radius 3 is 2.76 bits per heavy atom. The molecular weight excluding hydrogens is 232 g/mol. The number of rotatable bonds is 3. The van der Waals surface area contributed by atoms with Crippen LogP contribution in [0.3, 0.4) is 0 Å². The lowest BCUT2D eigenvalue weighted by Crippen LogP contribution is -2.30. The molecule has 0 aromatic carbocycles. The first kappa shape index (κ1) is 12.0. The van der Waals surface area contributed by atoms with Gasteiger partial charge in [-0.2, -0.15) is 0 Å². The monoisotopic (exact) mass is 248 g/mol. The van der Waals surface area contributed by atoms with Crippen molar-refractivity contribution >= 4 is 22.9 Å². The number of allylic oxidation sites excluding steroid dienone is 1. The molecule has 0 fully saturated rings. The Morgan fingerprint density at radius 1 is 1.47 bits per heavy atom. The minimum atomic E-state index is 0.151. The van der Waals surface area contributed by atoms with Crippen LogP contribution >= 0.6 is 12.2 Å². The van der Waals surface area contributed by atoms with Crippen LogP contribution in [-0.4, -0.2) is 33.2 Å². The van der Waals surface area contributed by atoms with Gasteiger partial charge in [0.2, 0.25) is 0 Å². The summed E-state index contributed by atoms with van der Waals surface area (Å²) < 4.78 is 1.93. The van der Waals surface area contributed by atoms with E-state index in [1.54, 1.807) is 0 Å². The second-order valence-corrected chi connectivity index (χ2v) is 4.87. The van der Waals surface area contributed by atoms with Gasteiger partial charge in [-0.05, 0) is 25.1 Å². The number of aromatic nitrogens is 1. The van der Waals surface area contributed by atoms with Crippen LogP contribution in [-0.2, 0) is 7.05 Å². The summed E-state index contributed by atoms with van der Waals surface area (Å²) in [5, 5.41) is 0. The van der Waals surface area contributed by atoms with Crippen molar-refractivity contribution in [2.45, 2.75) is 13.3 Å². The van der Waals surface area contributed by atoms with Crippen LogP contribution in [0.15, 0.2) is 24.4 Å². The first-order chi connectivity index (χ1) is 8.08. The molecule has 1 aromatic heterocycles. The number of thiocarbonyl (C=S) groups is 1. The summed E-state index contributed by atoms with van der Waals surface area (Å²) in [6.45, 7) is 3.26. The molecule has 17 heavy (non-hydrogen) atoms. The summed E-state index contributed by atoms with van der Waals surface area (Å²) in [4.78, 5) is 15.1. The third kappa shape index (κ3) is 2.64. The van der Waals surface area contributed by atoms with Crippen molar-refractivity contribution < 1.29 is 4.79 Å². The van der Waals surface area contributed by atoms with E-state index in [1.807, 2.05) is 47.8 Å². The zero-order chi connectivity index (χ0) is 12.4. The van der Waals surface area contributed by atoms with Gasteiger partial charge in [-0.3, -0.25) is 4.79 Å². The number of Topliss-reactive ketones (excluding diaryl/α,β-unsaturated/α-hetero) is 1. The molecule has 0 saturated heterocycles. The molecule has 0 saturated carbocycles. The van der Waals surface area contributed by atoms with E-state index in [-0.39, 0.29) is 5.78 Å². The molecule has 0 unspecified atom stereocenters. The van der Waals surface area contributed by atoms with Gasteiger partial charge in [0, 0.05) is 36.8 Å². The van der Waals surface area contributed by atoms with E-state index in [0.717, 1.165) is 29.2 Å². The summed E-state index contributed by atoms with van der Waals surface area (Å²) in [7, 11) is 1.92. The van der Waals surface area contributed by atoms with Crippen molar-refractivity contribution in [1.29, 1.82) is 0 Å². The third-order valence-electron chi connectivity index (χ3n) is 3.12. The van der Waals surface area contributed by atoms with E-state index in [1.165, 1.54) is 0 Å². The summed E-state index contributed by atoms with van der Waals surface area (Å²) >= 11 is 5.09. The smallest absolute Gasteiger partial charge is 0.198 e. The minimum Gasteiger partial charge on any atom is -0.369 e. The topological polar surface area (TPSA) is 25.2 Å². The molecule has 1 aliphatic rings. The van der Waals surface area contributed by atoms with E-state index in [4.69, 9.17) is 12.2 Å². The number of ketones is 1. The van der Waals surface area contributed by atoms with Crippen molar-refractivity contribution in [3.05, 3.63) is 35.8 Å². The Morgan fingerprint density at radius 2 is 2.24 bits per heavy atom. The second kappa shape index (κ2) is 4.84. The highest BCUT2D eigenvalue weighted by Gasteiger charge is 2.15. The van der Waals surface area contributed by atoms with Gasteiger partial charge in [0.05, 0.1) is 12.2 Å². The molecule has 3 nitrogen and oxygen atoms in total. The van der Waals surface area contributed by atoms with Crippen molar-refractivity contribution in [2.75, 3.05) is 13.1 Å². The van der Waals surface area contributed by atoms with Gasteiger partial charge in [0.25, 0.3) is 0 Å². The van der Waals surface area contributed by atoms with Crippen LogP contribution in [0.1, 0.15) is 22.6 Å². The lowest BCUT2D eigenvalue weighted by atomic mass is 10.2. The number of carbonyl (C=O) groups is 1. The van der Waals surface area contributed by atoms with Crippen LogP contribution in [0, 0.1) is 6.92 Å². The number of nitrogens with zero attached hydrogens (tertiary/aromatic N) is 2. The third-order valence-corrected chi connectivity index (χ3v) is 3.46. The fraction of sp³-hybridized carbons (Fsp3) is 0.385. The van der Waals surface area contributed by atoms with Gasteiger partial charge in [0.15, 0.2) is 5.78 Å². The predicted molar refractivity (Wildman–Crippen MR) is 72.4 cm³/mol. The summed E-state index contributed by atoms with van der Waals surface area (Å²) in [6.07, 6.45) is 4.69. The quantitative estimate of drug-likeness (QED) is 0.605. The van der Waals surface area contributed by atoms with Gasteiger partial charge >= 0.3 is 0 Å². The number of hydrogen-bond donors (Lipinski definition) is 0. The lowest BCUT2D eigenvalue weighted by molar-refractivity contribution is 0.0947. The molecule has 0 N–H and O–H groups in total. The van der Waals surface area contributed by atoms with Crippen LogP contribution in [0.25, 0.3) is 0 Å². The first-order valence-electron chi connectivity index (χ1n) is 5.68. The Hall–Kier alpha value is -1.42. The highest BCUT2D eigenvalue weighted by molar-refractivity contribution is 7.80.